The van der Waals surface area contributed by atoms with E-state index in [1.54, 1.807) is 18.2 Å². The van der Waals surface area contributed by atoms with Crippen molar-refractivity contribution < 1.29 is 19.1 Å². The van der Waals surface area contributed by atoms with Crippen molar-refractivity contribution in [1.29, 1.82) is 0 Å². The maximum atomic E-state index is 12.3. The van der Waals surface area contributed by atoms with Gasteiger partial charge < -0.3 is 19.7 Å². The number of carbonyl (C=O) groups excluding carboxylic acids is 2. The van der Waals surface area contributed by atoms with E-state index in [2.05, 4.69) is 5.32 Å². The van der Waals surface area contributed by atoms with E-state index in [0.29, 0.717) is 49.9 Å². The van der Waals surface area contributed by atoms with Crippen molar-refractivity contribution in [1.82, 2.24) is 4.90 Å². The molecule has 0 aromatic heterocycles. The van der Waals surface area contributed by atoms with Gasteiger partial charge in [-0.15, -0.1) is 0 Å². The van der Waals surface area contributed by atoms with Crippen LogP contribution in [0.25, 0.3) is 0 Å². The number of nitrogens with zero attached hydrogens (tertiary/aromatic N) is 1. The Kier molecular flexibility index (Phi) is 4.77. The summed E-state index contributed by atoms with van der Waals surface area (Å²) in [7, 11) is 0. The average Bonchev–Trinajstić information content (AvgIpc) is 3.00. The number of nitrogens with one attached hydrogen (secondary N) is 1. The maximum absolute atomic E-state index is 12.3. The first-order valence-electron chi connectivity index (χ1n) is 7.33. The van der Waals surface area contributed by atoms with Crippen LogP contribution in [0.5, 0.6) is 0 Å². The SMILES string of the molecule is O=C(Nc1cccc(Cl)c1Cl)C(=O)N1CCC2(CC1)OCCO2. The van der Waals surface area contributed by atoms with Crippen LogP contribution in [0.15, 0.2) is 18.2 Å². The van der Waals surface area contributed by atoms with Gasteiger partial charge in [-0.2, -0.15) is 0 Å². The van der Waals surface area contributed by atoms with Gasteiger partial charge in [0.1, 0.15) is 0 Å². The van der Waals surface area contributed by atoms with Gasteiger partial charge in [-0.05, 0) is 12.1 Å². The summed E-state index contributed by atoms with van der Waals surface area (Å²) in [5.41, 5.74) is 0.313. The molecule has 2 fully saturated rings. The number of benzene rings is 1. The molecule has 0 unspecified atom stereocenters. The summed E-state index contributed by atoms with van der Waals surface area (Å²) in [5.74, 6) is -1.92. The van der Waals surface area contributed by atoms with Crippen LogP contribution >= 0.6 is 23.2 Å². The molecule has 2 aliphatic heterocycles. The minimum Gasteiger partial charge on any atom is -0.347 e. The van der Waals surface area contributed by atoms with Crippen molar-refractivity contribution in [2.75, 3.05) is 31.6 Å². The Hall–Kier alpha value is -1.34. The van der Waals surface area contributed by atoms with Crippen molar-refractivity contribution >= 4 is 40.7 Å². The molecular formula is C15H16Cl2N2O4. The lowest BCUT2D eigenvalue weighted by atomic mass is 10.0. The fourth-order valence-electron chi connectivity index (χ4n) is 2.76. The van der Waals surface area contributed by atoms with Crippen molar-refractivity contribution in [3.8, 4) is 0 Å². The molecule has 1 N–H and O–H groups in total. The number of halogens is 2. The summed E-state index contributed by atoms with van der Waals surface area (Å²) in [6.45, 7) is 1.97. The number of rotatable bonds is 1. The van der Waals surface area contributed by atoms with E-state index in [-0.39, 0.29) is 5.02 Å². The molecule has 23 heavy (non-hydrogen) atoms. The lowest BCUT2D eigenvalue weighted by Gasteiger charge is -2.37. The molecule has 2 amide bonds. The van der Waals surface area contributed by atoms with Gasteiger partial charge in [-0.3, -0.25) is 9.59 Å². The first-order chi connectivity index (χ1) is 11.0. The highest BCUT2D eigenvalue weighted by Gasteiger charge is 2.41. The Bertz CT molecular complexity index is 622. The van der Waals surface area contributed by atoms with Gasteiger partial charge in [0.15, 0.2) is 5.79 Å². The number of hydrogen-bond acceptors (Lipinski definition) is 4. The number of carbonyl (C=O) groups is 2. The second kappa shape index (κ2) is 6.65. The van der Waals surface area contributed by atoms with Crippen LogP contribution in [0.2, 0.25) is 10.0 Å². The van der Waals surface area contributed by atoms with Crippen molar-refractivity contribution in [2.24, 2.45) is 0 Å². The van der Waals surface area contributed by atoms with E-state index in [0.717, 1.165) is 0 Å². The van der Waals surface area contributed by atoms with Crippen molar-refractivity contribution in [2.45, 2.75) is 18.6 Å². The van der Waals surface area contributed by atoms with Gasteiger partial charge in [0.25, 0.3) is 0 Å². The van der Waals surface area contributed by atoms with Crippen LogP contribution in [0.3, 0.4) is 0 Å². The van der Waals surface area contributed by atoms with Gasteiger partial charge in [-0.1, -0.05) is 29.3 Å². The number of piperidine rings is 1. The molecule has 2 aliphatic rings. The van der Waals surface area contributed by atoms with Gasteiger partial charge in [0.2, 0.25) is 0 Å². The molecule has 0 atom stereocenters. The number of anilines is 1. The van der Waals surface area contributed by atoms with E-state index in [1.165, 1.54) is 4.90 Å². The third kappa shape index (κ3) is 3.45. The largest absolute Gasteiger partial charge is 0.347 e. The molecule has 1 spiro atoms. The van der Waals surface area contributed by atoms with Gasteiger partial charge >= 0.3 is 11.8 Å². The van der Waals surface area contributed by atoms with Crippen LogP contribution < -0.4 is 5.32 Å². The van der Waals surface area contributed by atoms with E-state index >= 15 is 0 Å². The highest BCUT2D eigenvalue weighted by molar-refractivity contribution is 6.45. The molecule has 6 nitrogen and oxygen atoms in total. The van der Waals surface area contributed by atoms with Crippen LogP contribution in [0.4, 0.5) is 5.69 Å². The van der Waals surface area contributed by atoms with E-state index in [9.17, 15) is 9.59 Å². The average molecular weight is 359 g/mol. The smallest absolute Gasteiger partial charge is 0.313 e. The number of ether oxygens (including phenoxy) is 2. The lowest BCUT2D eigenvalue weighted by molar-refractivity contribution is -0.187. The predicted molar refractivity (Wildman–Crippen MR) is 85.5 cm³/mol. The summed E-state index contributed by atoms with van der Waals surface area (Å²) in [6.07, 6.45) is 1.12. The molecule has 0 bridgehead atoms. The Labute approximate surface area is 143 Å². The number of amides is 2. The Morgan fingerprint density at radius 2 is 1.78 bits per heavy atom. The third-order valence-corrected chi connectivity index (χ3v) is 4.84. The molecule has 1 aromatic rings. The van der Waals surface area contributed by atoms with Crippen LogP contribution in [0.1, 0.15) is 12.8 Å². The van der Waals surface area contributed by atoms with Gasteiger partial charge in [-0.25, -0.2) is 0 Å². The molecule has 0 radical (unpaired) electrons. The molecule has 0 saturated carbocycles. The Morgan fingerprint density at radius 3 is 2.43 bits per heavy atom. The lowest BCUT2D eigenvalue weighted by Crippen LogP contribution is -2.50. The third-order valence-electron chi connectivity index (χ3n) is 4.02. The van der Waals surface area contributed by atoms with Crippen LogP contribution in [-0.4, -0.2) is 48.8 Å². The molecule has 2 heterocycles. The zero-order chi connectivity index (χ0) is 16.4. The van der Waals surface area contributed by atoms with E-state index in [1.807, 2.05) is 0 Å². The quantitative estimate of drug-likeness (QED) is 0.782. The molecule has 0 aliphatic carbocycles. The molecule has 8 heteroatoms. The van der Waals surface area contributed by atoms with E-state index < -0.39 is 17.6 Å². The Morgan fingerprint density at radius 1 is 1.13 bits per heavy atom. The fraction of sp³-hybridized carbons (Fsp3) is 0.467. The van der Waals surface area contributed by atoms with Crippen molar-refractivity contribution in [3.63, 3.8) is 0 Å². The monoisotopic (exact) mass is 358 g/mol. The number of hydrogen-bond donors (Lipinski definition) is 1. The van der Waals surface area contributed by atoms with Gasteiger partial charge in [0.05, 0.1) is 28.9 Å². The van der Waals surface area contributed by atoms with E-state index in [4.69, 9.17) is 32.7 Å². The molecule has 124 valence electrons. The fourth-order valence-corrected chi connectivity index (χ4v) is 3.10. The first-order valence-corrected chi connectivity index (χ1v) is 8.08. The topological polar surface area (TPSA) is 67.9 Å². The highest BCUT2D eigenvalue weighted by Crippen LogP contribution is 2.32. The summed E-state index contributed by atoms with van der Waals surface area (Å²) in [4.78, 5) is 25.9. The molecule has 1 aromatic carbocycles. The first kappa shape index (κ1) is 16.5. The van der Waals surface area contributed by atoms with Gasteiger partial charge in [0, 0.05) is 25.9 Å². The minimum absolute atomic E-state index is 0.209. The zero-order valence-corrected chi connectivity index (χ0v) is 13.8. The molecule has 2 saturated heterocycles. The normalized spacial score (nSPS) is 19.8. The van der Waals surface area contributed by atoms with Crippen LogP contribution in [-0.2, 0) is 19.1 Å². The summed E-state index contributed by atoms with van der Waals surface area (Å²) >= 11 is 11.9. The second-order valence-corrected chi connectivity index (χ2v) is 6.24. The summed E-state index contributed by atoms with van der Waals surface area (Å²) in [6, 6.07) is 4.84. The summed E-state index contributed by atoms with van der Waals surface area (Å²) < 4.78 is 11.2. The maximum Gasteiger partial charge on any atom is 0.313 e. The predicted octanol–water partition coefficient (Wildman–Crippen LogP) is 2.30. The highest BCUT2D eigenvalue weighted by atomic mass is 35.5. The summed E-state index contributed by atoms with van der Waals surface area (Å²) in [5, 5.41) is 3.02. The standard InChI is InChI=1S/C15H16Cl2N2O4/c16-10-2-1-3-11(12(10)17)18-13(20)14(21)19-6-4-15(5-7-19)22-8-9-23-15/h1-3H,4-9H2,(H,18,20). The zero-order valence-electron chi connectivity index (χ0n) is 12.3. The minimum atomic E-state index is -0.738. The molecular weight excluding hydrogens is 343 g/mol. The van der Waals surface area contributed by atoms with Crippen LogP contribution in [0, 0.1) is 0 Å². The Balaban J connectivity index is 1.60. The number of likely N-dealkylation sites (tertiary alicyclic amines) is 1. The molecule has 3 rings (SSSR count). The second-order valence-electron chi connectivity index (χ2n) is 5.46. The van der Waals surface area contributed by atoms with Crippen molar-refractivity contribution in [3.05, 3.63) is 28.2 Å².